The maximum atomic E-state index is 13.1. The summed E-state index contributed by atoms with van der Waals surface area (Å²) in [7, 11) is -3.75. The minimum absolute atomic E-state index is 0.0948. The van der Waals surface area contributed by atoms with E-state index in [1.54, 1.807) is 47.4 Å². The molecule has 1 aromatic carbocycles. The number of amides is 1. The molecule has 1 aliphatic rings. The van der Waals surface area contributed by atoms with Crippen molar-refractivity contribution in [3.05, 3.63) is 71.1 Å². The Kier molecular flexibility index (Phi) is 6.24. The molecule has 0 radical (unpaired) electrons. The van der Waals surface area contributed by atoms with Gasteiger partial charge in [0.2, 0.25) is 0 Å². The summed E-state index contributed by atoms with van der Waals surface area (Å²) < 4.78 is 27.6. The smallest absolute Gasteiger partial charge is 0.258 e. The number of nitrogens with one attached hydrogen (secondary N) is 1. The number of carbonyl (C=O) groups is 1. The number of pyridine rings is 1. The van der Waals surface area contributed by atoms with E-state index in [0.717, 1.165) is 0 Å². The zero-order chi connectivity index (χ0) is 24.6. The van der Waals surface area contributed by atoms with E-state index in [-0.39, 0.29) is 43.7 Å². The van der Waals surface area contributed by atoms with Crippen molar-refractivity contribution in [3.8, 4) is 11.5 Å². The van der Waals surface area contributed by atoms with Crippen LogP contribution in [-0.2, 0) is 16.6 Å². The first kappa shape index (κ1) is 23.4. The summed E-state index contributed by atoms with van der Waals surface area (Å²) in [5, 5.41) is 10.6. The Morgan fingerprint density at radius 3 is 2.51 bits per heavy atom. The molecular formula is C23H21ClN6O4S. The van der Waals surface area contributed by atoms with E-state index in [1.807, 2.05) is 0 Å². The third kappa shape index (κ3) is 4.63. The topological polar surface area (TPSA) is 132 Å². The van der Waals surface area contributed by atoms with E-state index in [4.69, 9.17) is 11.6 Å². The first-order valence-electron chi connectivity index (χ1n) is 10.8. The summed E-state index contributed by atoms with van der Waals surface area (Å²) in [4.78, 5) is 30.2. The molecule has 10 nitrogen and oxygen atoms in total. The van der Waals surface area contributed by atoms with Crippen molar-refractivity contribution in [2.24, 2.45) is 0 Å². The molecule has 1 saturated heterocycles. The average Bonchev–Trinajstić information content (AvgIpc) is 3.33. The minimum Gasteiger partial charge on any atom is -0.390 e. The molecule has 0 aliphatic carbocycles. The van der Waals surface area contributed by atoms with Crippen LogP contribution < -0.4 is 0 Å². The Bertz CT molecular complexity index is 1500. The van der Waals surface area contributed by atoms with Crippen molar-refractivity contribution in [2.45, 2.75) is 11.6 Å². The van der Waals surface area contributed by atoms with Gasteiger partial charge in [0, 0.05) is 54.5 Å². The van der Waals surface area contributed by atoms with Crippen LogP contribution in [0.5, 0.6) is 0 Å². The van der Waals surface area contributed by atoms with Crippen molar-refractivity contribution in [1.82, 2.24) is 29.1 Å². The second kappa shape index (κ2) is 9.34. The van der Waals surface area contributed by atoms with Crippen molar-refractivity contribution in [3.63, 3.8) is 0 Å². The summed E-state index contributed by atoms with van der Waals surface area (Å²) in [5.41, 5.74) is 1.98. The molecule has 35 heavy (non-hydrogen) atoms. The average molecular weight is 513 g/mol. The predicted molar refractivity (Wildman–Crippen MR) is 129 cm³/mol. The van der Waals surface area contributed by atoms with E-state index in [1.165, 1.54) is 16.7 Å². The molecule has 0 unspecified atom stereocenters. The number of H-pyrrole nitrogens is 1. The Morgan fingerprint density at radius 2 is 1.80 bits per heavy atom. The van der Waals surface area contributed by atoms with Crippen LogP contribution in [0.25, 0.3) is 22.4 Å². The van der Waals surface area contributed by atoms with Crippen LogP contribution in [0.15, 0.2) is 59.9 Å². The molecule has 0 bridgehead atoms. The fourth-order valence-corrected chi connectivity index (χ4v) is 5.55. The Hall–Kier alpha value is -3.38. The number of aromatic nitrogens is 4. The maximum Gasteiger partial charge on any atom is 0.258 e. The minimum atomic E-state index is -3.75. The number of nitrogens with zero attached hydrogens (tertiary/aromatic N) is 5. The Morgan fingerprint density at radius 1 is 1.06 bits per heavy atom. The highest BCUT2D eigenvalue weighted by molar-refractivity contribution is 7.89. The number of benzene rings is 1. The number of sulfonamides is 1. The first-order valence-corrected chi connectivity index (χ1v) is 12.6. The van der Waals surface area contributed by atoms with Gasteiger partial charge in [0.25, 0.3) is 15.9 Å². The van der Waals surface area contributed by atoms with Gasteiger partial charge >= 0.3 is 0 Å². The molecule has 4 aromatic rings. The van der Waals surface area contributed by atoms with Crippen molar-refractivity contribution < 1.29 is 18.3 Å². The van der Waals surface area contributed by atoms with Crippen LogP contribution >= 0.6 is 11.6 Å². The molecule has 2 N–H and O–H groups in total. The SMILES string of the molecule is O=C(c1cnc(-c2cccc(CO)n2)nc1)N1CCN(S(=O)(=O)c2cc3cc(Cl)ccc3[nH]2)CC1. The van der Waals surface area contributed by atoms with Gasteiger partial charge in [-0.05, 0) is 36.4 Å². The summed E-state index contributed by atoms with van der Waals surface area (Å²) in [6, 6.07) is 11.9. The van der Waals surface area contributed by atoms with Crippen LogP contribution in [0.1, 0.15) is 16.1 Å². The van der Waals surface area contributed by atoms with Gasteiger partial charge in [-0.1, -0.05) is 17.7 Å². The molecular weight excluding hydrogens is 492 g/mol. The first-order chi connectivity index (χ1) is 16.8. The lowest BCUT2D eigenvalue weighted by Crippen LogP contribution is -2.50. The highest BCUT2D eigenvalue weighted by Gasteiger charge is 2.31. The number of halogens is 1. The predicted octanol–water partition coefficient (Wildman–Crippen LogP) is 2.31. The van der Waals surface area contributed by atoms with Crippen LogP contribution in [0.4, 0.5) is 0 Å². The number of fused-ring (bicyclic) bond motifs is 1. The summed E-state index contributed by atoms with van der Waals surface area (Å²) in [6.07, 6.45) is 2.85. The summed E-state index contributed by atoms with van der Waals surface area (Å²) in [5.74, 6) is 0.0679. The van der Waals surface area contributed by atoms with Crippen LogP contribution in [-0.4, -0.2) is 74.8 Å². The van der Waals surface area contributed by atoms with Gasteiger partial charge in [-0.2, -0.15) is 4.31 Å². The lowest BCUT2D eigenvalue weighted by atomic mass is 10.2. The van der Waals surface area contributed by atoms with Crippen molar-refractivity contribution in [1.29, 1.82) is 0 Å². The lowest BCUT2D eigenvalue weighted by molar-refractivity contribution is 0.0697. The number of aliphatic hydroxyl groups excluding tert-OH is 1. The standard InChI is InChI=1S/C23H21ClN6O4S/c24-17-4-5-19-15(10-17)11-21(28-19)35(33,34)30-8-6-29(7-9-30)23(32)16-12-25-22(26-13-16)20-3-1-2-18(14-31)27-20/h1-5,10-13,28,31H,6-9,14H2. The second-order valence-corrected chi connectivity index (χ2v) is 10.4. The van der Waals surface area contributed by atoms with E-state index >= 15 is 0 Å². The van der Waals surface area contributed by atoms with Gasteiger partial charge in [0.05, 0.1) is 17.9 Å². The molecule has 1 amide bonds. The van der Waals surface area contributed by atoms with Gasteiger partial charge in [-0.25, -0.2) is 23.4 Å². The van der Waals surface area contributed by atoms with E-state index < -0.39 is 10.0 Å². The van der Waals surface area contributed by atoms with Crippen LogP contribution in [0.2, 0.25) is 5.02 Å². The van der Waals surface area contributed by atoms with Gasteiger partial charge in [0.1, 0.15) is 10.7 Å². The molecule has 0 spiro atoms. The van der Waals surface area contributed by atoms with Gasteiger partial charge in [-0.15, -0.1) is 0 Å². The highest BCUT2D eigenvalue weighted by Crippen LogP contribution is 2.25. The van der Waals surface area contributed by atoms with E-state index in [0.29, 0.717) is 38.7 Å². The van der Waals surface area contributed by atoms with Crippen molar-refractivity contribution >= 4 is 38.4 Å². The molecule has 0 saturated carbocycles. The summed E-state index contributed by atoms with van der Waals surface area (Å²) >= 11 is 6.01. The monoisotopic (exact) mass is 512 g/mol. The number of hydrogen-bond donors (Lipinski definition) is 2. The molecule has 3 aromatic heterocycles. The number of hydrogen-bond acceptors (Lipinski definition) is 7. The largest absolute Gasteiger partial charge is 0.390 e. The number of piperazine rings is 1. The number of rotatable bonds is 5. The normalized spacial score (nSPS) is 15.0. The second-order valence-electron chi connectivity index (χ2n) is 8.03. The van der Waals surface area contributed by atoms with E-state index in [9.17, 15) is 18.3 Å². The lowest BCUT2D eigenvalue weighted by Gasteiger charge is -2.33. The van der Waals surface area contributed by atoms with Crippen molar-refractivity contribution in [2.75, 3.05) is 26.2 Å². The van der Waals surface area contributed by atoms with Gasteiger partial charge < -0.3 is 15.0 Å². The Labute approximate surface area is 206 Å². The zero-order valence-electron chi connectivity index (χ0n) is 18.4. The maximum absolute atomic E-state index is 13.1. The fraction of sp³-hybridized carbons (Fsp3) is 0.217. The molecule has 5 rings (SSSR count). The molecule has 4 heterocycles. The highest BCUT2D eigenvalue weighted by atomic mass is 35.5. The number of carbonyl (C=O) groups excluding carboxylic acids is 1. The van der Waals surface area contributed by atoms with Gasteiger partial charge in [0.15, 0.2) is 5.82 Å². The number of aromatic amines is 1. The quantitative estimate of drug-likeness (QED) is 0.419. The third-order valence-electron chi connectivity index (χ3n) is 5.80. The number of aliphatic hydroxyl groups is 1. The third-order valence-corrected chi connectivity index (χ3v) is 7.85. The molecule has 1 fully saturated rings. The molecule has 12 heteroatoms. The zero-order valence-corrected chi connectivity index (χ0v) is 20.0. The van der Waals surface area contributed by atoms with Gasteiger partial charge in [-0.3, -0.25) is 4.79 Å². The fourth-order valence-electron chi connectivity index (χ4n) is 3.93. The van der Waals surface area contributed by atoms with Crippen LogP contribution in [0, 0.1) is 0 Å². The van der Waals surface area contributed by atoms with E-state index in [2.05, 4.69) is 19.9 Å². The van der Waals surface area contributed by atoms with Crippen LogP contribution in [0.3, 0.4) is 0 Å². The molecule has 180 valence electrons. The molecule has 1 aliphatic heterocycles. The summed E-state index contributed by atoms with van der Waals surface area (Å²) in [6.45, 7) is 0.626. The molecule has 0 atom stereocenters. The Balaban J connectivity index is 1.26.